The average Bonchev–Trinajstić information content (AvgIpc) is 2.23. The maximum atomic E-state index is 12.3. The zero-order valence-corrected chi connectivity index (χ0v) is 14.0. The topological polar surface area (TPSA) is 37.4 Å². The van der Waals surface area contributed by atoms with Gasteiger partial charge in [0, 0.05) is 22.5 Å². The van der Waals surface area contributed by atoms with Crippen LogP contribution >= 0.6 is 31.9 Å². The van der Waals surface area contributed by atoms with Crippen molar-refractivity contribution in [3.63, 3.8) is 0 Å². The van der Waals surface area contributed by atoms with Crippen molar-refractivity contribution in [1.82, 2.24) is 4.31 Å². The third-order valence-electron chi connectivity index (χ3n) is 2.44. The van der Waals surface area contributed by atoms with Crippen molar-refractivity contribution < 1.29 is 8.42 Å². The van der Waals surface area contributed by atoms with Crippen LogP contribution < -0.4 is 0 Å². The fourth-order valence-electron chi connectivity index (χ4n) is 1.43. The molecule has 0 amide bonds. The van der Waals surface area contributed by atoms with Crippen LogP contribution in [-0.4, -0.2) is 26.3 Å². The van der Waals surface area contributed by atoms with E-state index in [2.05, 4.69) is 31.9 Å². The van der Waals surface area contributed by atoms with E-state index in [1.165, 1.54) is 4.31 Å². The van der Waals surface area contributed by atoms with Crippen LogP contribution in [0.3, 0.4) is 0 Å². The summed E-state index contributed by atoms with van der Waals surface area (Å²) >= 11 is 6.67. The van der Waals surface area contributed by atoms with E-state index >= 15 is 0 Å². The van der Waals surface area contributed by atoms with Gasteiger partial charge in [-0.05, 0) is 47.0 Å². The van der Waals surface area contributed by atoms with Crippen LogP contribution in [0.5, 0.6) is 0 Å². The molecule has 17 heavy (non-hydrogen) atoms. The molecule has 0 bridgehead atoms. The molecule has 0 saturated heterocycles. The SMILES string of the molecule is CCCN(C)S(=O)(=O)c1cc(Br)c(C)cc1Br. The van der Waals surface area contributed by atoms with Crippen LogP contribution in [0.15, 0.2) is 26.0 Å². The van der Waals surface area contributed by atoms with Gasteiger partial charge in [-0.25, -0.2) is 12.7 Å². The molecule has 3 nitrogen and oxygen atoms in total. The highest BCUT2D eigenvalue weighted by Gasteiger charge is 2.23. The van der Waals surface area contributed by atoms with Gasteiger partial charge in [0.15, 0.2) is 0 Å². The maximum absolute atomic E-state index is 12.3. The van der Waals surface area contributed by atoms with Crippen LogP contribution in [0.25, 0.3) is 0 Å². The third kappa shape index (κ3) is 3.30. The van der Waals surface area contributed by atoms with Crippen LogP contribution in [0.4, 0.5) is 0 Å². The molecule has 0 aromatic heterocycles. The molecular formula is C11H15Br2NO2S. The van der Waals surface area contributed by atoms with Crippen LogP contribution in [0, 0.1) is 6.92 Å². The summed E-state index contributed by atoms with van der Waals surface area (Å²) in [4.78, 5) is 0.297. The molecule has 96 valence electrons. The number of hydrogen-bond acceptors (Lipinski definition) is 2. The lowest BCUT2D eigenvalue weighted by atomic mass is 10.2. The van der Waals surface area contributed by atoms with Gasteiger partial charge in [-0.2, -0.15) is 0 Å². The van der Waals surface area contributed by atoms with E-state index in [0.717, 1.165) is 16.5 Å². The highest BCUT2D eigenvalue weighted by molar-refractivity contribution is 9.11. The molecule has 0 radical (unpaired) electrons. The van der Waals surface area contributed by atoms with Crippen molar-refractivity contribution in [3.05, 3.63) is 26.6 Å². The van der Waals surface area contributed by atoms with Crippen molar-refractivity contribution >= 4 is 41.9 Å². The average molecular weight is 385 g/mol. The Morgan fingerprint density at radius 3 is 2.35 bits per heavy atom. The van der Waals surface area contributed by atoms with Gasteiger partial charge in [0.1, 0.15) is 0 Å². The zero-order valence-electron chi connectivity index (χ0n) is 10.00. The first-order chi connectivity index (χ1) is 7.80. The van der Waals surface area contributed by atoms with Crippen molar-refractivity contribution in [1.29, 1.82) is 0 Å². The molecular weight excluding hydrogens is 370 g/mol. The second-order valence-corrected chi connectivity index (χ2v) is 7.58. The fraction of sp³-hybridized carbons (Fsp3) is 0.455. The molecule has 0 aliphatic carbocycles. The lowest BCUT2D eigenvalue weighted by molar-refractivity contribution is 0.468. The lowest BCUT2D eigenvalue weighted by Crippen LogP contribution is -2.28. The highest BCUT2D eigenvalue weighted by Crippen LogP contribution is 2.30. The molecule has 0 N–H and O–H groups in total. The van der Waals surface area contributed by atoms with Gasteiger partial charge >= 0.3 is 0 Å². The van der Waals surface area contributed by atoms with Gasteiger partial charge in [-0.3, -0.25) is 0 Å². The predicted molar refractivity (Wildman–Crippen MR) is 76.7 cm³/mol. The summed E-state index contributed by atoms with van der Waals surface area (Å²) in [7, 11) is -1.82. The Balaban J connectivity index is 3.29. The fourth-order valence-corrected chi connectivity index (χ4v) is 4.33. The van der Waals surface area contributed by atoms with E-state index in [0.29, 0.717) is 15.9 Å². The molecule has 0 aliphatic rings. The summed E-state index contributed by atoms with van der Waals surface area (Å²) in [5, 5.41) is 0. The van der Waals surface area contributed by atoms with Gasteiger partial charge in [0.25, 0.3) is 0 Å². The molecule has 1 aromatic rings. The van der Waals surface area contributed by atoms with Crippen molar-refractivity contribution in [2.45, 2.75) is 25.2 Å². The van der Waals surface area contributed by atoms with Crippen molar-refractivity contribution in [2.24, 2.45) is 0 Å². The van der Waals surface area contributed by atoms with Gasteiger partial charge in [0.2, 0.25) is 10.0 Å². The summed E-state index contributed by atoms with van der Waals surface area (Å²) in [6, 6.07) is 3.44. The van der Waals surface area contributed by atoms with E-state index in [4.69, 9.17) is 0 Å². The molecule has 0 unspecified atom stereocenters. The number of sulfonamides is 1. The summed E-state index contributed by atoms with van der Waals surface area (Å²) in [6.45, 7) is 4.38. The summed E-state index contributed by atoms with van der Waals surface area (Å²) < 4.78 is 27.3. The molecule has 0 saturated carbocycles. The van der Waals surface area contributed by atoms with Gasteiger partial charge in [0.05, 0.1) is 4.90 Å². The molecule has 0 aliphatic heterocycles. The Hall–Kier alpha value is 0.0900. The quantitative estimate of drug-likeness (QED) is 0.795. The first-order valence-corrected chi connectivity index (χ1v) is 8.25. The van der Waals surface area contributed by atoms with Crippen LogP contribution in [0.1, 0.15) is 18.9 Å². The number of benzene rings is 1. The molecule has 0 fully saturated rings. The minimum atomic E-state index is -3.41. The largest absolute Gasteiger partial charge is 0.243 e. The second-order valence-electron chi connectivity index (χ2n) is 3.86. The number of nitrogens with zero attached hydrogens (tertiary/aromatic N) is 1. The standard InChI is InChI=1S/C11H15Br2NO2S/c1-4-5-14(3)17(15,16)11-7-9(12)8(2)6-10(11)13/h6-7H,4-5H2,1-3H3. The zero-order chi connectivity index (χ0) is 13.2. The number of aryl methyl sites for hydroxylation is 1. The summed E-state index contributed by atoms with van der Waals surface area (Å²) in [5.74, 6) is 0. The first kappa shape index (κ1) is 15.1. The molecule has 0 heterocycles. The number of rotatable bonds is 4. The Bertz CT molecular complexity index is 514. The van der Waals surface area contributed by atoms with E-state index in [-0.39, 0.29) is 0 Å². The van der Waals surface area contributed by atoms with Crippen LogP contribution in [0.2, 0.25) is 0 Å². The number of hydrogen-bond donors (Lipinski definition) is 0. The highest BCUT2D eigenvalue weighted by atomic mass is 79.9. The lowest BCUT2D eigenvalue weighted by Gasteiger charge is -2.17. The minimum absolute atomic E-state index is 0.297. The van der Waals surface area contributed by atoms with E-state index < -0.39 is 10.0 Å². The minimum Gasteiger partial charge on any atom is -0.207 e. The first-order valence-electron chi connectivity index (χ1n) is 5.22. The molecule has 0 spiro atoms. The summed E-state index contributed by atoms with van der Waals surface area (Å²) in [5.41, 5.74) is 0.994. The van der Waals surface area contributed by atoms with Gasteiger partial charge in [-0.1, -0.05) is 22.9 Å². The molecule has 0 atom stereocenters. The number of halogens is 2. The Labute approximate surface area is 120 Å². The Kier molecular flexibility index (Phi) is 5.19. The van der Waals surface area contributed by atoms with E-state index in [9.17, 15) is 8.42 Å². The maximum Gasteiger partial charge on any atom is 0.243 e. The predicted octanol–water partition coefficient (Wildman–Crippen LogP) is 3.55. The molecule has 6 heteroatoms. The molecule has 1 rings (SSSR count). The Morgan fingerprint density at radius 2 is 1.82 bits per heavy atom. The smallest absolute Gasteiger partial charge is 0.207 e. The van der Waals surface area contributed by atoms with E-state index in [1.54, 1.807) is 19.2 Å². The third-order valence-corrected chi connectivity index (χ3v) is 6.11. The van der Waals surface area contributed by atoms with E-state index in [1.807, 2.05) is 13.8 Å². The monoisotopic (exact) mass is 383 g/mol. The Morgan fingerprint density at radius 1 is 1.24 bits per heavy atom. The molecule has 1 aromatic carbocycles. The van der Waals surface area contributed by atoms with Crippen molar-refractivity contribution in [3.8, 4) is 0 Å². The van der Waals surface area contributed by atoms with Gasteiger partial charge < -0.3 is 0 Å². The van der Waals surface area contributed by atoms with Crippen LogP contribution in [-0.2, 0) is 10.0 Å². The summed E-state index contributed by atoms with van der Waals surface area (Å²) in [6.07, 6.45) is 0.792. The second kappa shape index (κ2) is 5.82. The van der Waals surface area contributed by atoms with Gasteiger partial charge in [-0.15, -0.1) is 0 Å². The normalized spacial score (nSPS) is 12.1. The van der Waals surface area contributed by atoms with Crippen molar-refractivity contribution in [2.75, 3.05) is 13.6 Å².